The molecule has 0 amide bonds. The normalized spacial score (nSPS) is 13.9. The van der Waals surface area contributed by atoms with Crippen LogP contribution >= 0.6 is 28.5 Å². The van der Waals surface area contributed by atoms with E-state index < -0.39 is 5.79 Å². The molecule has 192 valence electrons. The topological polar surface area (TPSA) is 65.0 Å². The maximum absolute atomic E-state index is 13.1. The molecular formula is C31H26IO5P. The first-order valence-electron chi connectivity index (χ1n) is 12.2. The second-order valence-corrected chi connectivity index (χ2v) is 10.6. The highest BCUT2D eigenvalue weighted by atomic mass is 127. The number of carbonyl (C=O) groups is 1. The molecule has 0 saturated heterocycles. The summed E-state index contributed by atoms with van der Waals surface area (Å²) in [7, 11) is 0. The number of ether oxygens (including phenoxy) is 2. The highest BCUT2D eigenvalue weighted by Gasteiger charge is 2.47. The SMILES string of the molecule is O=C(/C=C/c1ccc(CCCOPI)cc1)c1ccc2c(c1O)OC(c1ccccc1)(c1ccccc1)O2. The molecule has 5 nitrogen and oxygen atoms in total. The van der Waals surface area contributed by atoms with E-state index in [1.54, 1.807) is 18.2 Å². The Bertz CT molecular complexity index is 1380. The van der Waals surface area contributed by atoms with E-state index in [-0.39, 0.29) is 22.8 Å². The monoisotopic (exact) mass is 636 g/mol. The van der Waals surface area contributed by atoms with Crippen LogP contribution in [0.2, 0.25) is 0 Å². The zero-order valence-corrected chi connectivity index (χ0v) is 23.6. The van der Waals surface area contributed by atoms with Gasteiger partial charge in [-0.05, 0) is 64.2 Å². The quantitative estimate of drug-likeness (QED) is 0.0632. The molecule has 0 aromatic heterocycles. The number of aryl methyl sites for hydroxylation is 1. The zero-order chi connectivity index (χ0) is 26.4. The molecule has 1 aliphatic heterocycles. The molecule has 0 aliphatic carbocycles. The lowest BCUT2D eigenvalue weighted by molar-refractivity contribution is -0.0467. The lowest BCUT2D eigenvalue weighted by Gasteiger charge is -2.28. The van der Waals surface area contributed by atoms with Crippen molar-refractivity contribution in [2.24, 2.45) is 0 Å². The number of rotatable bonds is 10. The average molecular weight is 636 g/mol. The second kappa shape index (κ2) is 12.1. The molecule has 0 saturated carbocycles. The van der Waals surface area contributed by atoms with Gasteiger partial charge in [-0.2, -0.15) is 0 Å². The van der Waals surface area contributed by atoms with Crippen LogP contribution in [0, 0.1) is 0 Å². The lowest BCUT2D eigenvalue weighted by Crippen LogP contribution is -2.36. The molecule has 1 heterocycles. The van der Waals surface area contributed by atoms with Gasteiger partial charge in [0.1, 0.15) is 0 Å². The van der Waals surface area contributed by atoms with E-state index in [0.29, 0.717) is 12.2 Å². The first kappa shape index (κ1) is 26.4. The van der Waals surface area contributed by atoms with E-state index in [9.17, 15) is 9.90 Å². The van der Waals surface area contributed by atoms with Crippen molar-refractivity contribution in [2.75, 3.05) is 6.61 Å². The molecule has 0 radical (unpaired) electrons. The molecule has 7 heteroatoms. The van der Waals surface area contributed by atoms with Gasteiger partial charge in [0.25, 0.3) is 0 Å². The number of phenols is 1. The minimum absolute atomic E-state index is 0.146. The minimum Gasteiger partial charge on any atom is -0.504 e. The number of allylic oxidation sites excluding steroid dienone is 1. The third-order valence-corrected chi connectivity index (χ3v) is 7.59. The van der Waals surface area contributed by atoms with Crippen molar-refractivity contribution in [1.82, 2.24) is 0 Å². The number of carbonyl (C=O) groups excluding carboxylic acids is 1. The number of phenolic OH excluding ortho intramolecular Hbond substituents is 1. The Kier molecular flexibility index (Phi) is 8.42. The fraction of sp³-hybridized carbons (Fsp3) is 0.129. The van der Waals surface area contributed by atoms with Crippen LogP contribution in [0.4, 0.5) is 0 Å². The number of benzene rings is 4. The molecule has 0 spiro atoms. The number of hydrogen-bond acceptors (Lipinski definition) is 5. The second-order valence-electron chi connectivity index (χ2n) is 8.81. The fourth-order valence-electron chi connectivity index (χ4n) is 4.41. The smallest absolute Gasteiger partial charge is 0.305 e. The van der Waals surface area contributed by atoms with E-state index in [1.807, 2.05) is 72.8 Å². The minimum atomic E-state index is -1.27. The zero-order valence-electron chi connectivity index (χ0n) is 20.5. The van der Waals surface area contributed by atoms with Crippen molar-refractivity contribution >= 4 is 40.4 Å². The summed E-state index contributed by atoms with van der Waals surface area (Å²) in [6.45, 7) is 1.25. The van der Waals surface area contributed by atoms with E-state index in [0.717, 1.165) is 36.1 Å². The molecule has 0 fully saturated rings. The third-order valence-electron chi connectivity index (χ3n) is 6.34. The average Bonchev–Trinajstić information content (AvgIpc) is 3.38. The molecular weight excluding hydrogens is 610 g/mol. The Morgan fingerprint density at radius 1 is 0.895 bits per heavy atom. The van der Waals surface area contributed by atoms with Crippen LogP contribution in [0.15, 0.2) is 103 Å². The number of hydrogen-bond donors (Lipinski definition) is 1. The molecule has 1 N–H and O–H groups in total. The van der Waals surface area contributed by atoms with Crippen molar-refractivity contribution in [3.63, 3.8) is 0 Å². The highest BCUT2D eigenvalue weighted by molar-refractivity contribution is 14.2. The lowest BCUT2D eigenvalue weighted by atomic mass is 9.97. The van der Waals surface area contributed by atoms with Gasteiger partial charge in [-0.15, -0.1) is 0 Å². The molecule has 1 atom stereocenters. The van der Waals surface area contributed by atoms with Crippen molar-refractivity contribution in [2.45, 2.75) is 18.6 Å². The van der Waals surface area contributed by atoms with Crippen LogP contribution in [0.3, 0.4) is 0 Å². The molecule has 1 unspecified atom stereocenters. The Morgan fingerprint density at radius 2 is 1.55 bits per heavy atom. The standard InChI is InChI=1S/C31H26IO5P/c32-38-35-21-7-8-22-13-15-23(16-14-22)17-19-27(33)26-18-20-28-30(29(26)34)37-31(36-28,24-9-3-1-4-10-24)25-11-5-2-6-12-25/h1-6,9-20,34,38H,7-8,21H2/b19-17+. The van der Waals surface area contributed by atoms with Gasteiger partial charge in [0, 0.05) is 11.1 Å². The third kappa shape index (κ3) is 5.63. The van der Waals surface area contributed by atoms with E-state index >= 15 is 0 Å². The maximum atomic E-state index is 13.1. The first-order valence-corrected chi connectivity index (χ1v) is 16.3. The van der Waals surface area contributed by atoms with Gasteiger partial charge in [-0.25, -0.2) is 0 Å². The van der Waals surface area contributed by atoms with Crippen LogP contribution in [-0.2, 0) is 16.7 Å². The van der Waals surface area contributed by atoms with Crippen molar-refractivity contribution in [1.29, 1.82) is 0 Å². The summed E-state index contributed by atoms with van der Waals surface area (Å²) in [5.74, 6) is -1.32. The van der Waals surface area contributed by atoms with E-state index in [4.69, 9.17) is 14.0 Å². The summed E-state index contributed by atoms with van der Waals surface area (Å²) in [5.41, 5.74) is 3.82. The van der Waals surface area contributed by atoms with Gasteiger partial charge in [0.05, 0.1) is 18.6 Å². The number of aromatic hydroxyl groups is 1. The van der Waals surface area contributed by atoms with E-state index in [1.165, 1.54) is 11.6 Å². The summed E-state index contributed by atoms with van der Waals surface area (Å²) in [6, 6.07) is 30.4. The van der Waals surface area contributed by atoms with Crippen molar-refractivity contribution in [3.8, 4) is 17.2 Å². The Balaban J connectivity index is 1.36. The molecule has 1 aliphatic rings. The predicted octanol–water partition coefficient (Wildman–Crippen LogP) is 7.85. The number of fused-ring (bicyclic) bond motifs is 1. The van der Waals surface area contributed by atoms with Gasteiger partial charge in [0.2, 0.25) is 5.75 Å². The van der Waals surface area contributed by atoms with Crippen LogP contribution in [-0.4, -0.2) is 17.5 Å². The summed E-state index contributed by atoms with van der Waals surface area (Å²) < 4.78 is 18.1. The molecule has 38 heavy (non-hydrogen) atoms. The van der Waals surface area contributed by atoms with Crippen molar-refractivity contribution < 1.29 is 23.9 Å². The van der Waals surface area contributed by atoms with Crippen molar-refractivity contribution in [3.05, 3.63) is 131 Å². The summed E-state index contributed by atoms with van der Waals surface area (Å²) in [4.78, 5) is 13.1. The highest BCUT2D eigenvalue weighted by Crippen LogP contribution is 2.52. The summed E-state index contributed by atoms with van der Waals surface area (Å²) in [6.07, 6.45) is 5.13. The van der Waals surface area contributed by atoms with Gasteiger partial charge in [-0.3, -0.25) is 4.79 Å². The Morgan fingerprint density at radius 3 is 2.18 bits per heavy atom. The molecule has 5 rings (SSSR count). The number of ketones is 1. The molecule has 0 bridgehead atoms. The van der Waals surface area contributed by atoms with Gasteiger partial charge < -0.3 is 19.1 Å². The Hall–Kier alpha value is -3.19. The van der Waals surface area contributed by atoms with Crippen LogP contribution < -0.4 is 9.47 Å². The maximum Gasteiger partial charge on any atom is 0.305 e. The van der Waals surface area contributed by atoms with E-state index in [2.05, 4.69) is 34.2 Å². The summed E-state index contributed by atoms with van der Waals surface area (Å²) >= 11 is 2.22. The molecule has 4 aromatic carbocycles. The van der Waals surface area contributed by atoms with Crippen LogP contribution in [0.25, 0.3) is 6.08 Å². The van der Waals surface area contributed by atoms with Gasteiger partial charge in [-0.1, -0.05) is 91.0 Å². The van der Waals surface area contributed by atoms with Crippen LogP contribution in [0.1, 0.15) is 39.0 Å². The van der Waals surface area contributed by atoms with Crippen LogP contribution in [0.5, 0.6) is 17.2 Å². The molecule has 4 aromatic rings. The van der Waals surface area contributed by atoms with Gasteiger partial charge in [0.15, 0.2) is 17.3 Å². The largest absolute Gasteiger partial charge is 0.504 e. The fourth-order valence-corrected chi connectivity index (χ4v) is 5.29. The summed E-state index contributed by atoms with van der Waals surface area (Å²) in [5, 5.41) is 11.1. The Labute approximate surface area is 236 Å². The van der Waals surface area contributed by atoms with Gasteiger partial charge >= 0.3 is 5.79 Å². The predicted molar refractivity (Wildman–Crippen MR) is 159 cm³/mol. The first-order chi connectivity index (χ1) is 18.6. The number of halogens is 1.